The van der Waals surface area contributed by atoms with Crippen LogP contribution in [0.2, 0.25) is 0 Å². The molecule has 1 aromatic rings. The molecule has 0 aliphatic carbocycles. The Morgan fingerprint density at radius 3 is 2.38 bits per heavy atom. The second-order valence-electron chi connectivity index (χ2n) is 5.37. The standard InChI is InChI=1S/C16H22O3.C2H6/c1-10-8-11(2)16(12(3)14(10)9-17)18-7-5-6-15-13(4)19-15;1-2/h8-9,13,15H,5-7H2,1-4H3;1-2H3. The Hall–Kier alpha value is -1.35. The molecule has 1 aromatic carbocycles. The molecular formula is C18H28O3. The van der Waals surface area contributed by atoms with Gasteiger partial charge in [-0.3, -0.25) is 4.79 Å². The van der Waals surface area contributed by atoms with Crippen molar-refractivity contribution in [1.29, 1.82) is 0 Å². The summed E-state index contributed by atoms with van der Waals surface area (Å²) in [5.41, 5.74) is 3.80. The molecule has 118 valence electrons. The van der Waals surface area contributed by atoms with E-state index in [-0.39, 0.29) is 0 Å². The van der Waals surface area contributed by atoms with Crippen LogP contribution in [0.25, 0.3) is 0 Å². The van der Waals surface area contributed by atoms with E-state index in [0.29, 0.717) is 18.8 Å². The Morgan fingerprint density at radius 1 is 1.24 bits per heavy atom. The second-order valence-corrected chi connectivity index (χ2v) is 5.37. The van der Waals surface area contributed by atoms with Crippen LogP contribution < -0.4 is 4.74 Å². The third-order valence-electron chi connectivity index (χ3n) is 3.79. The van der Waals surface area contributed by atoms with Crippen LogP contribution in [0, 0.1) is 20.8 Å². The zero-order chi connectivity index (χ0) is 16.0. The van der Waals surface area contributed by atoms with Gasteiger partial charge in [0.05, 0.1) is 18.8 Å². The summed E-state index contributed by atoms with van der Waals surface area (Å²) in [5.74, 6) is 0.859. The molecule has 1 aliphatic rings. The Labute approximate surface area is 128 Å². The van der Waals surface area contributed by atoms with Crippen molar-refractivity contribution >= 4 is 6.29 Å². The molecule has 2 atom stereocenters. The van der Waals surface area contributed by atoms with Crippen LogP contribution in [0.4, 0.5) is 0 Å². The van der Waals surface area contributed by atoms with Gasteiger partial charge in [0, 0.05) is 11.1 Å². The molecule has 21 heavy (non-hydrogen) atoms. The van der Waals surface area contributed by atoms with Crippen molar-refractivity contribution in [2.24, 2.45) is 0 Å². The molecule has 2 rings (SSSR count). The summed E-state index contributed by atoms with van der Waals surface area (Å²) in [6.45, 7) is 12.7. The topological polar surface area (TPSA) is 38.8 Å². The summed E-state index contributed by atoms with van der Waals surface area (Å²) in [5, 5.41) is 0. The van der Waals surface area contributed by atoms with Gasteiger partial charge < -0.3 is 9.47 Å². The molecule has 1 aliphatic heterocycles. The van der Waals surface area contributed by atoms with Gasteiger partial charge in [0.1, 0.15) is 5.75 Å². The lowest BCUT2D eigenvalue weighted by atomic mass is 9.99. The number of epoxide rings is 1. The first-order chi connectivity index (χ1) is 10.0. The third kappa shape index (κ3) is 4.57. The summed E-state index contributed by atoms with van der Waals surface area (Å²) in [6.07, 6.45) is 3.79. The first kappa shape index (κ1) is 17.7. The fourth-order valence-electron chi connectivity index (χ4n) is 2.58. The molecule has 0 N–H and O–H groups in total. The quantitative estimate of drug-likeness (QED) is 0.443. The number of aryl methyl sites for hydroxylation is 2. The second kappa shape index (κ2) is 8.18. The van der Waals surface area contributed by atoms with E-state index in [1.165, 1.54) is 0 Å². The van der Waals surface area contributed by atoms with Gasteiger partial charge in [0.25, 0.3) is 0 Å². The van der Waals surface area contributed by atoms with Gasteiger partial charge in [-0.25, -0.2) is 0 Å². The molecule has 0 aromatic heterocycles. The zero-order valence-electron chi connectivity index (χ0n) is 14.2. The van der Waals surface area contributed by atoms with Crippen LogP contribution >= 0.6 is 0 Å². The van der Waals surface area contributed by atoms with E-state index < -0.39 is 0 Å². The van der Waals surface area contributed by atoms with E-state index in [4.69, 9.17) is 9.47 Å². The maximum absolute atomic E-state index is 11.1. The van der Waals surface area contributed by atoms with E-state index in [2.05, 4.69) is 6.92 Å². The lowest BCUT2D eigenvalue weighted by Crippen LogP contribution is -2.05. The maximum atomic E-state index is 11.1. The van der Waals surface area contributed by atoms with Crippen molar-refractivity contribution in [2.75, 3.05) is 6.61 Å². The zero-order valence-corrected chi connectivity index (χ0v) is 14.2. The normalized spacial score (nSPS) is 19.5. The average Bonchev–Trinajstić information content (AvgIpc) is 3.16. The van der Waals surface area contributed by atoms with Crippen molar-refractivity contribution in [1.82, 2.24) is 0 Å². The molecule has 3 nitrogen and oxygen atoms in total. The monoisotopic (exact) mass is 292 g/mol. The third-order valence-corrected chi connectivity index (χ3v) is 3.79. The predicted molar refractivity (Wildman–Crippen MR) is 86.5 cm³/mol. The van der Waals surface area contributed by atoms with E-state index in [1.54, 1.807) is 0 Å². The number of carbonyl (C=O) groups is 1. The van der Waals surface area contributed by atoms with Crippen LogP contribution in [0.5, 0.6) is 5.75 Å². The molecule has 1 fully saturated rings. The predicted octanol–water partition coefficient (Wildman–Crippen LogP) is 4.40. The Balaban J connectivity index is 0.00000106. The van der Waals surface area contributed by atoms with Gasteiger partial charge in [-0.1, -0.05) is 19.9 Å². The first-order valence-corrected chi connectivity index (χ1v) is 7.88. The number of ether oxygens (including phenoxy) is 2. The fourth-order valence-corrected chi connectivity index (χ4v) is 2.58. The van der Waals surface area contributed by atoms with Crippen molar-refractivity contribution < 1.29 is 14.3 Å². The molecule has 0 saturated carbocycles. The molecule has 0 amide bonds. The minimum atomic E-state index is 0.421. The summed E-state index contributed by atoms with van der Waals surface area (Å²) < 4.78 is 11.2. The molecule has 0 bridgehead atoms. The molecule has 2 unspecified atom stereocenters. The van der Waals surface area contributed by atoms with Crippen molar-refractivity contribution in [2.45, 2.75) is 66.6 Å². The van der Waals surface area contributed by atoms with Crippen LogP contribution in [-0.4, -0.2) is 25.1 Å². The van der Waals surface area contributed by atoms with Gasteiger partial charge in [-0.05, 0) is 51.7 Å². The number of aldehydes is 1. The average molecular weight is 292 g/mol. The fraction of sp³-hybridized carbons (Fsp3) is 0.611. The van der Waals surface area contributed by atoms with Gasteiger partial charge in [-0.15, -0.1) is 0 Å². The Bertz CT molecular complexity index is 480. The van der Waals surface area contributed by atoms with E-state index in [9.17, 15) is 4.79 Å². The maximum Gasteiger partial charge on any atom is 0.150 e. The Morgan fingerprint density at radius 2 is 1.86 bits per heavy atom. The molecular weight excluding hydrogens is 264 g/mol. The highest BCUT2D eigenvalue weighted by molar-refractivity contribution is 5.81. The van der Waals surface area contributed by atoms with Crippen molar-refractivity contribution in [3.05, 3.63) is 28.3 Å². The summed E-state index contributed by atoms with van der Waals surface area (Å²) in [7, 11) is 0. The van der Waals surface area contributed by atoms with Crippen LogP contribution in [0.15, 0.2) is 6.07 Å². The molecule has 3 heteroatoms. The lowest BCUT2D eigenvalue weighted by molar-refractivity contribution is 0.112. The van der Waals surface area contributed by atoms with Crippen LogP contribution in [-0.2, 0) is 4.74 Å². The minimum Gasteiger partial charge on any atom is -0.493 e. The highest BCUT2D eigenvalue weighted by atomic mass is 16.6. The summed E-state index contributed by atoms with van der Waals surface area (Å²) in [6, 6.07) is 2.01. The van der Waals surface area contributed by atoms with Crippen LogP contribution in [0.1, 0.15) is 60.7 Å². The molecule has 0 spiro atoms. The van der Waals surface area contributed by atoms with Gasteiger partial charge >= 0.3 is 0 Å². The smallest absolute Gasteiger partial charge is 0.150 e. The largest absolute Gasteiger partial charge is 0.493 e. The molecule has 0 radical (unpaired) electrons. The number of benzene rings is 1. The highest BCUT2D eigenvalue weighted by Gasteiger charge is 2.33. The molecule has 1 saturated heterocycles. The van der Waals surface area contributed by atoms with E-state index >= 15 is 0 Å². The summed E-state index contributed by atoms with van der Waals surface area (Å²) >= 11 is 0. The number of carbonyl (C=O) groups excluding carboxylic acids is 1. The van der Waals surface area contributed by atoms with E-state index in [1.807, 2.05) is 40.7 Å². The SMILES string of the molecule is CC.Cc1cc(C)c(OCCCC2OC2C)c(C)c1C=O. The lowest BCUT2D eigenvalue weighted by Gasteiger charge is -2.15. The highest BCUT2D eigenvalue weighted by Crippen LogP contribution is 2.29. The van der Waals surface area contributed by atoms with Crippen LogP contribution in [0.3, 0.4) is 0 Å². The Kier molecular flexibility index (Phi) is 6.90. The number of hydrogen-bond donors (Lipinski definition) is 0. The summed E-state index contributed by atoms with van der Waals surface area (Å²) in [4.78, 5) is 11.1. The number of hydrogen-bond acceptors (Lipinski definition) is 3. The van der Waals surface area contributed by atoms with Crippen molar-refractivity contribution in [3.63, 3.8) is 0 Å². The van der Waals surface area contributed by atoms with Gasteiger partial charge in [0.2, 0.25) is 0 Å². The van der Waals surface area contributed by atoms with Crippen molar-refractivity contribution in [3.8, 4) is 5.75 Å². The number of rotatable bonds is 6. The molecule has 1 heterocycles. The van der Waals surface area contributed by atoms with E-state index in [0.717, 1.165) is 47.1 Å². The van der Waals surface area contributed by atoms with Gasteiger partial charge in [0.15, 0.2) is 6.29 Å². The van der Waals surface area contributed by atoms with Gasteiger partial charge in [-0.2, -0.15) is 0 Å². The minimum absolute atomic E-state index is 0.421. The first-order valence-electron chi connectivity index (χ1n) is 7.88.